The number of esters is 1. The molecule has 0 saturated carbocycles. The predicted octanol–water partition coefficient (Wildman–Crippen LogP) is 2.20. The van der Waals surface area contributed by atoms with Crippen LogP contribution < -0.4 is 32.3 Å². The average Bonchev–Trinajstić information content (AvgIpc) is 3.35. The molecule has 258 valence electrons. The quantitative estimate of drug-likeness (QED) is 0.115. The maximum absolute atomic E-state index is 13.4. The number of ether oxygens (including phenoxy) is 1. The van der Waals surface area contributed by atoms with Gasteiger partial charge in [0.05, 0.1) is 30.0 Å². The summed E-state index contributed by atoms with van der Waals surface area (Å²) in [6.07, 6.45) is 0.402. The second-order valence-electron chi connectivity index (χ2n) is 11.5. The summed E-state index contributed by atoms with van der Waals surface area (Å²) in [6, 6.07) is 3.77. The zero-order valence-electron chi connectivity index (χ0n) is 27.7. The summed E-state index contributed by atoms with van der Waals surface area (Å²) in [5, 5.41) is 13.5. The number of nitrogens with two attached hydrogens (primary N) is 1. The van der Waals surface area contributed by atoms with Crippen molar-refractivity contribution >= 4 is 51.8 Å². The summed E-state index contributed by atoms with van der Waals surface area (Å²) >= 11 is 0.905. The first-order valence-electron chi connectivity index (χ1n) is 15.3. The van der Waals surface area contributed by atoms with Gasteiger partial charge < -0.3 is 37.1 Å². The van der Waals surface area contributed by atoms with E-state index in [4.69, 9.17) is 10.5 Å². The maximum atomic E-state index is 13.4. The number of carbonyl (C=O) groups excluding carboxylic acids is 6. The number of thiophene rings is 1. The molecule has 0 radical (unpaired) electrons. The minimum atomic E-state index is -0.913. The number of methoxy groups -OCH3 is 1. The van der Waals surface area contributed by atoms with Crippen LogP contribution in [0.2, 0.25) is 0 Å². The largest absolute Gasteiger partial charge is 0.465 e. The summed E-state index contributed by atoms with van der Waals surface area (Å²) < 4.78 is 18.3. The van der Waals surface area contributed by atoms with Crippen molar-refractivity contribution in [1.82, 2.24) is 21.3 Å². The molecule has 0 aliphatic heterocycles. The van der Waals surface area contributed by atoms with E-state index in [2.05, 4.69) is 26.6 Å². The lowest BCUT2D eigenvalue weighted by Gasteiger charge is -2.27. The first-order valence-corrected chi connectivity index (χ1v) is 16.1. The van der Waals surface area contributed by atoms with Crippen molar-refractivity contribution in [2.75, 3.05) is 32.1 Å². The minimum Gasteiger partial charge on any atom is -0.465 e. The van der Waals surface area contributed by atoms with Crippen molar-refractivity contribution in [2.24, 2.45) is 17.6 Å². The Labute approximate surface area is 277 Å². The topological polar surface area (TPSA) is 198 Å². The lowest BCUT2D eigenvalue weighted by molar-refractivity contribution is -0.133. The van der Waals surface area contributed by atoms with Gasteiger partial charge in [-0.25, -0.2) is 9.18 Å². The van der Waals surface area contributed by atoms with Crippen LogP contribution in [0, 0.1) is 24.6 Å². The third kappa shape index (κ3) is 10.6. The Morgan fingerprint density at radius 3 is 1.98 bits per heavy atom. The molecule has 7 N–H and O–H groups in total. The Morgan fingerprint density at radius 1 is 0.872 bits per heavy atom. The van der Waals surface area contributed by atoms with E-state index in [1.54, 1.807) is 41.5 Å². The standard InChI is InChI=1S/C32H45FN6O7S/c1-8-21(19-9-11-20(33)12-10-19)27(41)39-31-23(32(45)46-7)18(6)26(47-31)30(44)36-14-13-35-28(42)24(16(2)3)38-29(43)25(17(4)5)37-22(40)15-34/h9-12,16-17,21,24-25H,8,13-15,34H2,1-7H3,(H,35,42)(H,36,44)(H,37,40)(H,38,43)(H,39,41)/t21?,24-,25-/m0/s1. The number of hydrogen-bond donors (Lipinski definition) is 6. The molecule has 13 nitrogen and oxygen atoms in total. The third-order valence-electron chi connectivity index (χ3n) is 7.38. The van der Waals surface area contributed by atoms with Crippen LogP contribution in [0.3, 0.4) is 0 Å². The van der Waals surface area contributed by atoms with Gasteiger partial charge in [-0.2, -0.15) is 0 Å². The molecule has 15 heteroatoms. The molecule has 3 atom stereocenters. The number of anilines is 1. The molecule has 5 amide bonds. The van der Waals surface area contributed by atoms with Crippen molar-refractivity contribution in [3.05, 3.63) is 51.7 Å². The molecule has 0 aliphatic carbocycles. The van der Waals surface area contributed by atoms with Crippen molar-refractivity contribution in [3.63, 3.8) is 0 Å². The van der Waals surface area contributed by atoms with Crippen LogP contribution in [0.4, 0.5) is 9.39 Å². The van der Waals surface area contributed by atoms with Gasteiger partial charge in [0.1, 0.15) is 22.9 Å². The van der Waals surface area contributed by atoms with Crippen molar-refractivity contribution < 1.29 is 37.9 Å². The number of rotatable bonds is 16. The predicted molar refractivity (Wildman–Crippen MR) is 176 cm³/mol. The Morgan fingerprint density at radius 2 is 1.45 bits per heavy atom. The van der Waals surface area contributed by atoms with E-state index in [0.717, 1.165) is 11.3 Å². The van der Waals surface area contributed by atoms with Crippen molar-refractivity contribution in [1.29, 1.82) is 0 Å². The van der Waals surface area contributed by atoms with E-state index in [1.165, 1.54) is 31.4 Å². The van der Waals surface area contributed by atoms with E-state index in [0.29, 0.717) is 17.5 Å². The molecule has 1 heterocycles. The first kappa shape index (κ1) is 38.8. The highest BCUT2D eigenvalue weighted by molar-refractivity contribution is 7.18. The number of benzene rings is 1. The fourth-order valence-electron chi connectivity index (χ4n) is 4.73. The SMILES string of the molecule is CCC(C(=O)Nc1sc(C(=O)NCCNC(=O)[C@@H](NC(=O)[C@@H](NC(=O)CN)C(C)C)C(C)C)c(C)c1C(=O)OC)c1ccc(F)cc1. The number of hydrogen-bond acceptors (Lipinski definition) is 9. The number of amides is 5. The highest BCUT2D eigenvalue weighted by Crippen LogP contribution is 2.35. The Balaban J connectivity index is 2.09. The second-order valence-corrected chi connectivity index (χ2v) is 12.5. The second kappa shape index (κ2) is 18.1. The van der Waals surface area contributed by atoms with E-state index in [1.807, 2.05) is 0 Å². The molecule has 1 aromatic heterocycles. The monoisotopic (exact) mass is 676 g/mol. The van der Waals surface area contributed by atoms with E-state index in [9.17, 15) is 33.2 Å². The first-order chi connectivity index (χ1) is 22.2. The van der Waals surface area contributed by atoms with Gasteiger partial charge >= 0.3 is 5.97 Å². The maximum Gasteiger partial charge on any atom is 0.341 e. The molecule has 1 aromatic carbocycles. The van der Waals surface area contributed by atoms with E-state index >= 15 is 0 Å². The summed E-state index contributed by atoms with van der Waals surface area (Å²) in [4.78, 5) is 76.8. The third-order valence-corrected chi connectivity index (χ3v) is 8.59. The Kier molecular flexibility index (Phi) is 14.9. The van der Waals surface area contributed by atoms with Crippen LogP contribution in [-0.4, -0.2) is 74.3 Å². The van der Waals surface area contributed by atoms with Crippen molar-refractivity contribution in [3.8, 4) is 0 Å². The fourth-order valence-corrected chi connectivity index (χ4v) is 5.84. The molecule has 0 aliphatic rings. The van der Waals surface area contributed by atoms with Gasteiger partial charge in [0.15, 0.2) is 0 Å². The summed E-state index contributed by atoms with van der Waals surface area (Å²) in [5.74, 6) is -4.83. The average molecular weight is 677 g/mol. The summed E-state index contributed by atoms with van der Waals surface area (Å²) in [6.45, 7) is 10.1. The molecular formula is C32H45FN6O7S. The highest BCUT2D eigenvalue weighted by atomic mass is 32.1. The summed E-state index contributed by atoms with van der Waals surface area (Å²) in [7, 11) is 1.19. The van der Waals surface area contributed by atoms with Crippen LogP contribution in [-0.2, 0) is 23.9 Å². The van der Waals surface area contributed by atoms with Gasteiger partial charge in [-0.15, -0.1) is 11.3 Å². The number of nitrogens with one attached hydrogen (secondary N) is 5. The summed E-state index contributed by atoms with van der Waals surface area (Å²) in [5.41, 5.74) is 6.29. The van der Waals surface area contributed by atoms with Crippen molar-refractivity contribution in [2.45, 2.75) is 66.0 Å². The zero-order chi connectivity index (χ0) is 35.4. The van der Waals surface area contributed by atoms with Gasteiger partial charge in [-0.3, -0.25) is 24.0 Å². The number of carbonyl (C=O) groups is 6. The smallest absolute Gasteiger partial charge is 0.341 e. The fraction of sp³-hybridized carbons (Fsp3) is 0.500. The molecule has 0 saturated heterocycles. The molecule has 2 aromatic rings. The molecular weight excluding hydrogens is 631 g/mol. The molecule has 2 rings (SSSR count). The Bertz CT molecular complexity index is 1440. The lowest BCUT2D eigenvalue weighted by atomic mass is 9.95. The van der Waals surface area contributed by atoms with Crippen LogP contribution in [0.1, 0.15) is 78.1 Å². The van der Waals surface area contributed by atoms with Gasteiger partial charge in [0, 0.05) is 13.1 Å². The van der Waals surface area contributed by atoms with E-state index in [-0.39, 0.29) is 46.9 Å². The molecule has 1 unspecified atom stereocenters. The van der Waals surface area contributed by atoms with Gasteiger partial charge in [0.25, 0.3) is 5.91 Å². The van der Waals surface area contributed by atoms with E-state index < -0.39 is 59.3 Å². The lowest BCUT2D eigenvalue weighted by Crippen LogP contribution is -2.57. The van der Waals surface area contributed by atoms with Gasteiger partial charge in [-0.05, 0) is 48.4 Å². The zero-order valence-corrected chi connectivity index (χ0v) is 28.6. The molecule has 47 heavy (non-hydrogen) atoms. The molecule has 0 spiro atoms. The van der Waals surface area contributed by atoms with Crippen LogP contribution in [0.25, 0.3) is 0 Å². The normalized spacial score (nSPS) is 12.9. The molecule has 0 fully saturated rings. The van der Waals surface area contributed by atoms with Crippen LogP contribution in [0.15, 0.2) is 24.3 Å². The van der Waals surface area contributed by atoms with Gasteiger partial charge in [-0.1, -0.05) is 46.8 Å². The van der Waals surface area contributed by atoms with Gasteiger partial charge in [0.2, 0.25) is 23.6 Å². The van der Waals surface area contributed by atoms with Crippen LogP contribution in [0.5, 0.6) is 0 Å². The molecule has 0 bridgehead atoms. The minimum absolute atomic E-state index is 0.0135. The number of halogens is 1. The van der Waals surface area contributed by atoms with Crippen LogP contribution >= 0.6 is 11.3 Å². The Hall–Kier alpha value is -4.37. The highest BCUT2D eigenvalue weighted by Gasteiger charge is 2.31.